The van der Waals surface area contributed by atoms with Crippen LogP contribution in [0.25, 0.3) is 0 Å². The molecule has 0 N–H and O–H groups in total. The molecule has 0 spiro atoms. The third-order valence-electron chi connectivity index (χ3n) is 8.79. The maximum Gasteiger partial charge on any atom is 0.306 e. The molecule has 2 fully saturated rings. The van der Waals surface area contributed by atoms with E-state index in [2.05, 4.69) is 60.5 Å². The average Bonchev–Trinajstić information content (AvgIpc) is 3.02. The van der Waals surface area contributed by atoms with Gasteiger partial charge in [-0.3, -0.25) is 9.59 Å². The van der Waals surface area contributed by atoms with Crippen LogP contribution < -0.4 is 4.84 Å². The number of ether oxygens (including phenoxy) is 2. The molecular weight excluding hydrogens is 532 g/mol. The first-order chi connectivity index (χ1) is 19.6. The van der Waals surface area contributed by atoms with E-state index in [-0.39, 0.29) is 46.3 Å². The van der Waals surface area contributed by atoms with Crippen LogP contribution in [0.3, 0.4) is 0 Å². The Morgan fingerprint density at radius 1 is 0.690 bits per heavy atom. The van der Waals surface area contributed by atoms with Gasteiger partial charge in [-0.05, 0) is 106 Å². The lowest BCUT2D eigenvalue weighted by Crippen LogP contribution is -2.56. The molecule has 2 aliphatic heterocycles. The molecule has 0 bridgehead atoms. The zero-order valence-corrected chi connectivity index (χ0v) is 27.7. The Morgan fingerprint density at radius 3 is 1.62 bits per heavy atom. The molecule has 238 valence electrons. The minimum Gasteiger partial charge on any atom is -0.462 e. The molecule has 8 nitrogen and oxygen atoms in total. The van der Waals surface area contributed by atoms with E-state index >= 15 is 0 Å². The summed E-state index contributed by atoms with van der Waals surface area (Å²) in [4.78, 5) is 37.4. The van der Waals surface area contributed by atoms with Crippen LogP contribution >= 0.6 is 0 Å². The highest BCUT2D eigenvalue weighted by Gasteiger charge is 2.46. The van der Waals surface area contributed by atoms with E-state index in [4.69, 9.17) is 19.1 Å². The third kappa shape index (κ3) is 9.42. The standard InChI is InChI=1S/C34H56N2O6/c1-31(2)22-20-27(24-33(5,6)35(31)39-9)40-29(37)18-14-11-15-19-30(38)41-28-21-23-32(3,4)36(34(7,8)25-28)42-26-16-12-10-13-17-26/h10,12-13,16-17,27-28H,11,14-15,18-25H2,1-9H3. The average molecular weight is 589 g/mol. The number of nitrogens with zero attached hydrogens (tertiary/aromatic N) is 2. The third-order valence-corrected chi connectivity index (χ3v) is 8.79. The van der Waals surface area contributed by atoms with Crippen LogP contribution in [-0.4, -0.2) is 63.5 Å². The molecule has 2 heterocycles. The molecule has 0 amide bonds. The van der Waals surface area contributed by atoms with Gasteiger partial charge in [-0.25, -0.2) is 0 Å². The van der Waals surface area contributed by atoms with Gasteiger partial charge in [0.05, 0.1) is 18.2 Å². The molecule has 0 saturated carbocycles. The monoisotopic (exact) mass is 588 g/mol. The van der Waals surface area contributed by atoms with Gasteiger partial charge in [0.15, 0.2) is 0 Å². The number of carbonyl (C=O) groups is 2. The van der Waals surface area contributed by atoms with Gasteiger partial charge in [0.1, 0.15) is 18.0 Å². The van der Waals surface area contributed by atoms with Crippen molar-refractivity contribution in [2.45, 2.75) is 160 Å². The summed E-state index contributed by atoms with van der Waals surface area (Å²) >= 11 is 0. The van der Waals surface area contributed by atoms with Crippen LogP contribution in [-0.2, 0) is 23.9 Å². The fourth-order valence-corrected chi connectivity index (χ4v) is 7.09. The molecule has 2 atom stereocenters. The van der Waals surface area contributed by atoms with Crippen molar-refractivity contribution in [1.82, 2.24) is 10.1 Å². The normalized spacial score (nSPS) is 25.5. The van der Waals surface area contributed by atoms with Gasteiger partial charge in [0, 0.05) is 36.8 Å². The number of carbonyl (C=O) groups excluding carboxylic acids is 2. The summed E-state index contributed by atoms with van der Waals surface area (Å²) in [5.74, 6) is 0.477. The minimum absolute atomic E-state index is 0.121. The first-order valence-electron chi connectivity index (χ1n) is 15.8. The van der Waals surface area contributed by atoms with Gasteiger partial charge < -0.3 is 19.1 Å². The fraction of sp³-hybridized carbons (Fsp3) is 0.765. The predicted molar refractivity (Wildman–Crippen MR) is 165 cm³/mol. The van der Waals surface area contributed by atoms with E-state index in [1.807, 2.05) is 35.4 Å². The van der Waals surface area contributed by atoms with Gasteiger partial charge >= 0.3 is 11.9 Å². The summed E-state index contributed by atoms with van der Waals surface area (Å²) in [5, 5.41) is 4.12. The number of benzene rings is 1. The number of unbranched alkanes of at least 4 members (excludes halogenated alkanes) is 2. The number of para-hydroxylation sites is 1. The second-order valence-corrected chi connectivity index (χ2v) is 14.7. The second kappa shape index (κ2) is 14.1. The maximum absolute atomic E-state index is 12.8. The molecule has 0 radical (unpaired) electrons. The highest BCUT2D eigenvalue weighted by Crippen LogP contribution is 2.39. The van der Waals surface area contributed by atoms with Gasteiger partial charge in [-0.15, -0.1) is 5.06 Å². The molecule has 1 aromatic carbocycles. The summed E-state index contributed by atoms with van der Waals surface area (Å²) in [6.07, 6.45) is 7.40. The quantitative estimate of drug-likeness (QED) is 0.195. The predicted octanol–water partition coefficient (Wildman–Crippen LogP) is 7.40. The molecule has 1 aromatic rings. The van der Waals surface area contributed by atoms with E-state index in [9.17, 15) is 9.59 Å². The first-order valence-corrected chi connectivity index (χ1v) is 15.8. The van der Waals surface area contributed by atoms with Crippen molar-refractivity contribution in [3.05, 3.63) is 30.3 Å². The second-order valence-electron chi connectivity index (χ2n) is 14.7. The van der Waals surface area contributed by atoms with Crippen LogP contribution in [0.4, 0.5) is 0 Å². The van der Waals surface area contributed by atoms with Crippen molar-refractivity contribution in [2.24, 2.45) is 0 Å². The van der Waals surface area contributed by atoms with Gasteiger partial charge in [-0.1, -0.05) is 24.6 Å². The number of hydrogen-bond donors (Lipinski definition) is 0. The van der Waals surface area contributed by atoms with Crippen molar-refractivity contribution in [1.29, 1.82) is 0 Å². The van der Waals surface area contributed by atoms with E-state index in [1.54, 1.807) is 7.11 Å². The van der Waals surface area contributed by atoms with E-state index in [0.717, 1.165) is 44.3 Å². The minimum atomic E-state index is -0.328. The fourth-order valence-electron chi connectivity index (χ4n) is 7.09. The Balaban J connectivity index is 1.40. The maximum atomic E-state index is 12.8. The Hall–Kier alpha value is -2.16. The molecular formula is C34H56N2O6. The molecule has 42 heavy (non-hydrogen) atoms. The SMILES string of the molecule is CON1C(C)(C)CCC(OC(=O)CCCCCC(=O)OC2CCC(C)(C)N(Oc3ccccc3)C(C)(C)C2)CC1(C)C. The lowest BCUT2D eigenvalue weighted by molar-refractivity contribution is -0.247. The smallest absolute Gasteiger partial charge is 0.306 e. The lowest BCUT2D eigenvalue weighted by Gasteiger charge is -2.45. The molecule has 0 aliphatic carbocycles. The van der Waals surface area contributed by atoms with E-state index < -0.39 is 0 Å². The summed E-state index contributed by atoms with van der Waals surface area (Å²) in [5.41, 5.74) is -0.923. The molecule has 8 heteroatoms. The largest absolute Gasteiger partial charge is 0.462 e. The number of esters is 2. The number of hydroxylamine groups is 4. The van der Waals surface area contributed by atoms with Gasteiger partial charge in [0.2, 0.25) is 0 Å². The number of rotatable bonds is 11. The van der Waals surface area contributed by atoms with Crippen molar-refractivity contribution in [3.8, 4) is 5.75 Å². The Bertz CT molecular complexity index is 1020. The van der Waals surface area contributed by atoms with Crippen LogP contribution in [0.1, 0.15) is 126 Å². The Kier molecular flexibility index (Phi) is 11.5. The molecule has 2 aliphatic rings. The van der Waals surface area contributed by atoms with Crippen LogP contribution in [0, 0.1) is 0 Å². The summed E-state index contributed by atoms with van der Waals surface area (Å²) in [6, 6.07) is 9.83. The molecule has 3 rings (SSSR count). The van der Waals surface area contributed by atoms with Crippen LogP contribution in [0.15, 0.2) is 30.3 Å². The first kappa shape index (κ1) is 34.3. The summed E-state index contributed by atoms with van der Waals surface area (Å²) < 4.78 is 11.9. The lowest BCUT2D eigenvalue weighted by atomic mass is 9.95. The van der Waals surface area contributed by atoms with E-state index in [1.165, 1.54) is 0 Å². The van der Waals surface area contributed by atoms with Gasteiger partial charge in [0.25, 0.3) is 0 Å². The number of hydrogen-bond acceptors (Lipinski definition) is 8. The zero-order chi connectivity index (χ0) is 31.2. The highest BCUT2D eigenvalue weighted by molar-refractivity contribution is 5.70. The zero-order valence-electron chi connectivity index (χ0n) is 27.7. The molecule has 0 aromatic heterocycles. The highest BCUT2D eigenvalue weighted by atomic mass is 16.7. The Labute approximate surface area is 254 Å². The van der Waals surface area contributed by atoms with Crippen molar-refractivity contribution >= 4 is 11.9 Å². The topological polar surface area (TPSA) is 77.5 Å². The van der Waals surface area contributed by atoms with Crippen molar-refractivity contribution < 1.29 is 28.7 Å². The molecule has 2 unspecified atom stereocenters. The van der Waals surface area contributed by atoms with Crippen molar-refractivity contribution in [2.75, 3.05) is 7.11 Å². The van der Waals surface area contributed by atoms with E-state index in [0.29, 0.717) is 32.1 Å². The summed E-state index contributed by atoms with van der Waals surface area (Å²) in [6.45, 7) is 17.3. The summed E-state index contributed by atoms with van der Waals surface area (Å²) in [7, 11) is 1.71. The van der Waals surface area contributed by atoms with Crippen molar-refractivity contribution in [3.63, 3.8) is 0 Å². The van der Waals surface area contributed by atoms with Crippen LogP contribution in [0.2, 0.25) is 0 Å². The van der Waals surface area contributed by atoms with Crippen LogP contribution in [0.5, 0.6) is 5.75 Å². The molecule has 2 saturated heterocycles. The van der Waals surface area contributed by atoms with Gasteiger partial charge in [-0.2, -0.15) is 5.06 Å². The Morgan fingerprint density at radius 2 is 1.14 bits per heavy atom.